The van der Waals surface area contributed by atoms with Crippen LogP contribution < -0.4 is 20.1 Å². The third-order valence-corrected chi connectivity index (χ3v) is 6.22. The number of hydrogen-bond acceptors (Lipinski definition) is 5. The van der Waals surface area contributed by atoms with Crippen LogP contribution in [0.1, 0.15) is 45.9 Å². The summed E-state index contributed by atoms with van der Waals surface area (Å²) in [5.41, 5.74) is 2.93. The van der Waals surface area contributed by atoms with E-state index in [4.69, 9.17) is 9.47 Å². The van der Waals surface area contributed by atoms with Gasteiger partial charge in [-0.3, -0.25) is 4.79 Å². The summed E-state index contributed by atoms with van der Waals surface area (Å²) in [6.45, 7) is 2.28. The molecule has 0 fully saturated rings. The molecule has 1 aliphatic carbocycles. The maximum absolute atomic E-state index is 12.8. The Labute approximate surface area is 151 Å². The maximum atomic E-state index is 12.8. The standard InChI is InChI=1S/C19H22N2O3S/c1-10-7-8-11-14(9-10)25-19-15(11)18(22)20-17(21-19)12-5-4-6-13(23-2)16(12)24-3/h4-6,10,17,21H,7-9H2,1-3H3,(H,20,22)/t10-,17+/m0/s1. The largest absolute Gasteiger partial charge is 0.493 e. The minimum absolute atomic E-state index is 0.00400. The van der Waals surface area contributed by atoms with E-state index in [0.29, 0.717) is 17.4 Å². The topological polar surface area (TPSA) is 59.6 Å². The van der Waals surface area contributed by atoms with Crippen molar-refractivity contribution in [3.8, 4) is 11.5 Å². The van der Waals surface area contributed by atoms with Gasteiger partial charge in [0.25, 0.3) is 5.91 Å². The van der Waals surface area contributed by atoms with Crippen LogP contribution in [0.25, 0.3) is 0 Å². The van der Waals surface area contributed by atoms with Crippen molar-refractivity contribution >= 4 is 22.2 Å². The fraction of sp³-hybridized carbons (Fsp3) is 0.421. The zero-order chi connectivity index (χ0) is 17.6. The van der Waals surface area contributed by atoms with Crippen molar-refractivity contribution in [2.45, 2.75) is 32.4 Å². The Morgan fingerprint density at radius 3 is 2.80 bits per heavy atom. The lowest BCUT2D eigenvalue weighted by Gasteiger charge is -2.28. The normalized spacial score (nSPS) is 21.6. The Kier molecular flexibility index (Phi) is 4.07. The summed E-state index contributed by atoms with van der Waals surface area (Å²) >= 11 is 1.72. The van der Waals surface area contributed by atoms with E-state index in [1.807, 2.05) is 18.2 Å². The van der Waals surface area contributed by atoms with E-state index in [1.165, 1.54) is 10.4 Å². The van der Waals surface area contributed by atoms with Crippen molar-refractivity contribution < 1.29 is 14.3 Å². The molecule has 132 valence electrons. The summed E-state index contributed by atoms with van der Waals surface area (Å²) < 4.78 is 10.9. The molecule has 4 rings (SSSR count). The molecule has 2 aromatic rings. The van der Waals surface area contributed by atoms with E-state index in [2.05, 4.69) is 17.6 Å². The van der Waals surface area contributed by atoms with Crippen molar-refractivity contribution in [1.82, 2.24) is 5.32 Å². The van der Waals surface area contributed by atoms with Gasteiger partial charge in [-0.1, -0.05) is 19.1 Å². The van der Waals surface area contributed by atoms with Gasteiger partial charge >= 0.3 is 0 Å². The second-order valence-electron chi connectivity index (χ2n) is 6.69. The highest BCUT2D eigenvalue weighted by atomic mass is 32.1. The molecule has 1 aliphatic heterocycles. The summed E-state index contributed by atoms with van der Waals surface area (Å²) in [6.07, 6.45) is 2.87. The summed E-state index contributed by atoms with van der Waals surface area (Å²) in [6, 6.07) is 5.70. The van der Waals surface area contributed by atoms with Crippen LogP contribution in [0.4, 0.5) is 5.00 Å². The van der Waals surface area contributed by atoms with Crippen LogP contribution in [-0.2, 0) is 12.8 Å². The Hall–Kier alpha value is -2.21. The van der Waals surface area contributed by atoms with Gasteiger partial charge in [0.1, 0.15) is 11.2 Å². The Morgan fingerprint density at radius 2 is 2.04 bits per heavy atom. The first-order valence-corrected chi connectivity index (χ1v) is 9.36. The predicted molar refractivity (Wildman–Crippen MR) is 98.9 cm³/mol. The van der Waals surface area contributed by atoms with Crippen LogP contribution >= 0.6 is 11.3 Å². The number of nitrogens with one attached hydrogen (secondary N) is 2. The van der Waals surface area contributed by atoms with Crippen LogP contribution in [0.5, 0.6) is 11.5 Å². The molecular weight excluding hydrogens is 336 g/mol. The molecule has 2 heterocycles. The first-order valence-electron chi connectivity index (χ1n) is 8.55. The summed E-state index contributed by atoms with van der Waals surface area (Å²) in [7, 11) is 3.23. The molecule has 2 aliphatic rings. The highest BCUT2D eigenvalue weighted by Crippen LogP contribution is 2.44. The molecule has 0 saturated heterocycles. The first kappa shape index (κ1) is 16.3. The molecular formula is C19H22N2O3S. The minimum atomic E-state index is -0.331. The molecule has 0 saturated carbocycles. The number of benzene rings is 1. The Bertz CT molecular complexity index is 830. The average Bonchev–Trinajstić information content (AvgIpc) is 2.98. The molecule has 5 nitrogen and oxygen atoms in total. The van der Waals surface area contributed by atoms with Gasteiger partial charge in [-0.25, -0.2) is 0 Å². The second kappa shape index (κ2) is 6.26. The number of fused-ring (bicyclic) bond motifs is 3. The summed E-state index contributed by atoms with van der Waals surface area (Å²) in [5.74, 6) is 1.97. The SMILES string of the molecule is COc1cccc([C@@H]2NC(=O)c3c(sc4c3CC[C@H](C)C4)N2)c1OC. The van der Waals surface area contributed by atoms with Gasteiger partial charge in [-0.2, -0.15) is 0 Å². The molecule has 25 heavy (non-hydrogen) atoms. The van der Waals surface area contributed by atoms with Crippen LogP contribution in [0.15, 0.2) is 18.2 Å². The molecule has 1 amide bonds. The number of carbonyl (C=O) groups is 1. The second-order valence-corrected chi connectivity index (χ2v) is 7.79. The molecule has 2 atom stereocenters. The zero-order valence-electron chi connectivity index (χ0n) is 14.6. The molecule has 0 radical (unpaired) electrons. The van der Waals surface area contributed by atoms with Gasteiger partial charge in [0.15, 0.2) is 11.5 Å². The fourth-order valence-electron chi connectivity index (χ4n) is 3.76. The third kappa shape index (κ3) is 2.65. The van der Waals surface area contributed by atoms with Crippen LogP contribution in [0.3, 0.4) is 0 Å². The quantitative estimate of drug-likeness (QED) is 0.877. The lowest BCUT2D eigenvalue weighted by molar-refractivity contribution is 0.0934. The van der Waals surface area contributed by atoms with Gasteiger partial charge in [-0.15, -0.1) is 11.3 Å². The number of amides is 1. The van der Waals surface area contributed by atoms with Crippen LogP contribution in [0.2, 0.25) is 0 Å². The van der Waals surface area contributed by atoms with E-state index in [0.717, 1.165) is 35.4 Å². The van der Waals surface area contributed by atoms with Crippen molar-refractivity contribution in [1.29, 1.82) is 0 Å². The van der Waals surface area contributed by atoms with Crippen molar-refractivity contribution in [3.63, 3.8) is 0 Å². The van der Waals surface area contributed by atoms with E-state index in [9.17, 15) is 4.79 Å². The number of ether oxygens (including phenoxy) is 2. The van der Waals surface area contributed by atoms with E-state index < -0.39 is 0 Å². The van der Waals surface area contributed by atoms with Crippen molar-refractivity contribution in [2.75, 3.05) is 19.5 Å². The van der Waals surface area contributed by atoms with E-state index in [1.54, 1.807) is 25.6 Å². The lowest BCUT2D eigenvalue weighted by atomic mass is 9.88. The average molecular weight is 358 g/mol. The molecule has 0 unspecified atom stereocenters. The van der Waals surface area contributed by atoms with E-state index >= 15 is 0 Å². The summed E-state index contributed by atoms with van der Waals surface area (Å²) in [5, 5.41) is 7.55. The number of rotatable bonds is 3. The summed E-state index contributed by atoms with van der Waals surface area (Å²) in [4.78, 5) is 14.2. The molecule has 0 bridgehead atoms. The smallest absolute Gasteiger partial charge is 0.256 e. The van der Waals surface area contributed by atoms with Gasteiger partial charge in [0, 0.05) is 10.4 Å². The lowest BCUT2D eigenvalue weighted by Crippen LogP contribution is -2.38. The maximum Gasteiger partial charge on any atom is 0.256 e. The van der Waals surface area contributed by atoms with Crippen molar-refractivity contribution in [3.05, 3.63) is 39.8 Å². The number of anilines is 1. The molecule has 0 spiro atoms. The molecule has 2 N–H and O–H groups in total. The van der Waals surface area contributed by atoms with Crippen molar-refractivity contribution in [2.24, 2.45) is 5.92 Å². The Morgan fingerprint density at radius 1 is 1.20 bits per heavy atom. The van der Waals surface area contributed by atoms with Gasteiger partial charge in [0.2, 0.25) is 0 Å². The highest BCUT2D eigenvalue weighted by molar-refractivity contribution is 7.16. The number of hydrogen-bond donors (Lipinski definition) is 2. The van der Waals surface area contributed by atoms with Gasteiger partial charge < -0.3 is 20.1 Å². The number of methoxy groups -OCH3 is 2. The van der Waals surface area contributed by atoms with Gasteiger partial charge in [0.05, 0.1) is 19.8 Å². The number of para-hydroxylation sites is 1. The molecule has 1 aromatic carbocycles. The van der Waals surface area contributed by atoms with E-state index in [-0.39, 0.29) is 12.1 Å². The minimum Gasteiger partial charge on any atom is -0.493 e. The zero-order valence-corrected chi connectivity index (χ0v) is 15.5. The number of thiophene rings is 1. The molecule has 6 heteroatoms. The highest BCUT2D eigenvalue weighted by Gasteiger charge is 2.34. The number of carbonyl (C=O) groups excluding carboxylic acids is 1. The third-order valence-electron chi connectivity index (χ3n) is 5.03. The predicted octanol–water partition coefficient (Wildman–Crippen LogP) is 3.74. The first-order chi connectivity index (χ1) is 12.1. The van der Waals surface area contributed by atoms with Crippen LogP contribution in [0, 0.1) is 5.92 Å². The fourth-order valence-corrected chi connectivity index (χ4v) is 5.19. The van der Waals surface area contributed by atoms with Crippen LogP contribution in [-0.4, -0.2) is 20.1 Å². The van der Waals surface area contributed by atoms with Gasteiger partial charge in [-0.05, 0) is 36.8 Å². The monoisotopic (exact) mass is 358 g/mol. The Balaban J connectivity index is 1.72. The molecule has 1 aromatic heterocycles.